The van der Waals surface area contributed by atoms with Gasteiger partial charge in [-0.3, -0.25) is 4.79 Å². The van der Waals surface area contributed by atoms with Gasteiger partial charge in [-0.1, -0.05) is 13.3 Å². The molecule has 2 heterocycles. The number of carbonyl (C=O) groups excluding carboxylic acids is 1. The minimum atomic E-state index is -0.0513. The van der Waals surface area contributed by atoms with E-state index in [1.54, 1.807) is 19.5 Å². The molecule has 1 aromatic carbocycles. The van der Waals surface area contributed by atoms with Crippen LogP contribution < -0.4 is 14.5 Å². The predicted molar refractivity (Wildman–Crippen MR) is 111 cm³/mol. The number of anilines is 2. The first-order valence-corrected chi connectivity index (χ1v) is 9.84. The van der Waals surface area contributed by atoms with E-state index in [2.05, 4.69) is 38.8 Å². The average Bonchev–Trinajstić information content (AvgIpc) is 2.77. The van der Waals surface area contributed by atoms with E-state index >= 15 is 0 Å². The number of hydrogen-bond acceptors (Lipinski definition) is 6. The van der Waals surface area contributed by atoms with Gasteiger partial charge in [0.25, 0.3) is 5.91 Å². The summed E-state index contributed by atoms with van der Waals surface area (Å²) < 4.78 is 5.21. The SMILES string of the molecule is CCCCN(C)c1cnc(C(=O)N2CCN(c3ccc(OC)cc3)CC2)cn1. The number of nitrogens with zero attached hydrogens (tertiary/aromatic N) is 5. The van der Waals surface area contributed by atoms with Crippen LogP contribution in [0.5, 0.6) is 5.75 Å². The molecule has 0 N–H and O–H groups in total. The van der Waals surface area contributed by atoms with Crippen molar-refractivity contribution in [3.63, 3.8) is 0 Å². The van der Waals surface area contributed by atoms with Crippen LogP contribution in [0.4, 0.5) is 11.5 Å². The third-order valence-electron chi connectivity index (χ3n) is 5.10. The topological polar surface area (TPSA) is 61.8 Å². The summed E-state index contributed by atoms with van der Waals surface area (Å²) in [6.07, 6.45) is 5.53. The first-order chi connectivity index (χ1) is 13.6. The number of piperazine rings is 1. The molecule has 0 saturated carbocycles. The van der Waals surface area contributed by atoms with Gasteiger partial charge in [-0.05, 0) is 30.7 Å². The van der Waals surface area contributed by atoms with Gasteiger partial charge < -0.3 is 19.4 Å². The van der Waals surface area contributed by atoms with Crippen molar-refractivity contribution in [3.8, 4) is 5.75 Å². The molecule has 0 bridgehead atoms. The van der Waals surface area contributed by atoms with Crippen LogP contribution in [0, 0.1) is 0 Å². The van der Waals surface area contributed by atoms with Crippen molar-refractivity contribution < 1.29 is 9.53 Å². The molecule has 0 atom stereocenters. The summed E-state index contributed by atoms with van der Waals surface area (Å²) in [6, 6.07) is 8.02. The van der Waals surface area contributed by atoms with Gasteiger partial charge >= 0.3 is 0 Å². The maximum atomic E-state index is 12.8. The number of rotatable bonds is 7. The normalized spacial score (nSPS) is 14.1. The van der Waals surface area contributed by atoms with Gasteiger partial charge in [-0.2, -0.15) is 0 Å². The molecular formula is C21H29N5O2. The smallest absolute Gasteiger partial charge is 0.274 e. The highest BCUT2D eigenvalue weighted by Crippen LogP contribution is 2.21. The minimum absolute atomic E-state index is 0.0513. The molecule has 0 unspecified atom stereocenters. The van der Waals surface area contributed by atoms with Crippen molar-refractivity contribution in [3.05, 3.63) is 42.4 Å². The van der Waals surface area contributed by atoms with Crippen molar-refractivity contribution in [2.24, 2.45) is 0 Å². The largest absolute Gasteiger partial charge is 0.497 e. The Bertz CT molecular complexity index is 755. The van der Waals surface area contributed by atoms with Gasteiger partial charge in [0, 0.05) is 45.5 Å². The second-order valence-corrected chi connectivity index (χ2v) is 7.01. The van der Waals surface area contributed by atoms with Crippen molar-refractivity contribution >= 4 is 17.4 Å². The van der Waals surface area contributed by atoms with E-state index in [1.165, 1.54) is 0 Å². The van der Waals surface area contributed by atoms with Gasteiger partial charge in [-0.25, -0.2) is 9.97 Å². The molecule has 1 saturated heterocycles. The zero-order valence-corrected chi connectivity index (χ0v) is 17.0. The summed E-state index contributed by atoms with van der Waals surface area (Å²) in [7, 11) is 3.66. The molecule has 28 heavy (non-hydrogen) atoms. The Morgan fingerprint density at radius 2 is 1.82 bits per heavy atom. The number of benzene rings is 1. The van der Waals surface area contributed by atoms with Crippen LogP contribution in [0.2, 0.25) is 0 Å². The summed E-state index contributed by atoms with van der Waals surface area (Å²) in [5.41, 5.74) is 1.55. The van der Waals surface area contributed by atoms with E-state index in [9.17, 15) is 4.79 Å². The zero-order chi connectivity index (χ0) is 19.9. The van der Waals surface area contributed by atoms with E-state index in [4.69, 9.17) is 4.74 Å². The lowest BCUT2D eigenvalue weighted by Crippen LogP contribution is -2.49. The van der Waals surface area contributed by atoms with Gasteiger partial charge in [0.2, 0.25) is 0 Å². The monoisotopic (exact) mass is 383 g/mol. The van der Waals surface area contributed by atoms with E-state index in [1.807, 2.05) is 24.1 Å². The van der Waals surface area contributed by atoms with Crippen LogP contribution in [0.1, 0.15) is 30.3 Å². The second-order valence-electron chi connectivity index (χ2n) is 7.01. The first kappa shape index (κ1) is 19.9. The summed E-state index contributed by atoms with van der Waals surface area (Å²) in [4.78, 5) is 27.7. The molecule has 150 valence electrons. The molecular weight excluding hydrogens is 354 g/mol. The molecule has 1 amide bonds. The third kappa shape index (κ3) is 4.71. The van der Waals surface area contributed by atoms with Gasteiger partial charge in [0.1, 0.15) is 17.3 Å². The zero-order valence-electron chi connectivity index (χ0n) is 17.0. The van der Waals surface area contributed by atoms with Crippen molar-refractivity contribution in [2.45, 2.75) is 19.8 Å². The molecule has 7 heteroatoms. The molecule has 1 aromatic heterocycles. The Labute approximate surface area is 166 Å². The molecule has 0 aliphatic carbocycles. The summed E-state index contributed by atoms with van der Waals surface area (Å²) in [5.74, 6) is 1.60. The highest BCUT2D eigenvalue weighted by molar-refractivity contribution is 5.92. The lowest BCUT2D eigenvalue weighted by atomic mass is 10.2. The van der Waals surface area contributed by atoms with Crippen molar-refractivity contribution in [1.82, 2.24) is 14.9 Å². The number of methoxy groups -OCH3 is 1. The molecule has 0 radical (unpaired) electrons. The van der Waals surface area contributed by atoms with Gasteiger partial charge in [0.05, 0.1) is 19.5 Å². The highest BCUT2D eigenvalue weighted by atomic mass is 16.5. The van der Waals surface area contributed by atoms with Crippen LogP contribution in [-0.4, -0.2) is 67.7 Å². The minimum Gasteiger partial charge on any atom is -0.497 e. The molecule has 3 rings (SSSR count). The van der Waals surface area contributed by atoms with Crippen LogP contribution in [0.3, 0.4) is 0 Å². The molecule has 1 fully saturated rings. The Kier molecular flexibility index (Phi) is 6.68. The number of carbonyl (C=O) groups is 1. The average molecular weight is 383 g/mol. The second kappa shape index (κ2) is 9.39. The number of hydrogen-bond donors (Lipinski definition) is 0. The Morgan fingerprint density at radius 1 is 1.11 bits per heavy atom. The Balaban J connectivity index is 1.55. The maximum absolute atomic E-state index is 12.8. The first-order valence-electron chi connectivity index (χ1n) is 9.84. The molecule has 2 aromatic rings. The van der Waals surface area contributed by atoms with E-state index in [-0.39, 0.29) is 5.91 Å². The predicted octanol–water partition coefficient (Wildman–Crippen LogP) is 2.68. The van der Waals surface area contributed by atoms with Gasteiger partial charge in [-0.15, -0.1) is 0 Å². The number of ether oxygens (including phenoxy) is 1. The van der Waals surface area contributed by atoms with E-state index < -0.39 is 0 Å². The molecule has 7 nitrogen and oxygen atoms in total. The number of amides is 1. The summed E-state index contributed by atoms with van der Waals surface area (Å²) in [5, 5.41) is 0. The highest BCUT2D eigenvalue weighted by Gasteiger charge is 2.23. The molecule has 1 aliphatic rings. The van der Waals surface area contributed by atoms with E-state index in [0.717, 1.165) is 49.7 Å². The van der Waals surface area contributed by atoms with Crippen molar-refractivity contribution in [2.75, 3.05) is 56.7 Å². The van der Waals surface area contributed by atoms with Crippen molar-refractivity contribution in [1.29, 1.82) is 0 Å². The van der Waals surface area contributed by atoms with Crippen LogP contribution in [0.25, 0.3) is 0 Å². The maximum Gasteiger partial charge on any atom is 0.274 e. The van der Waals surface area contributed by atoms with Crippen LogP contribution in [0.15, 0.2) is 36.7 Å². The quantitative estimate of drug-likeness (QED) is 0.733. The molecule has 1 aliphatic heterocycles. The Hall–Kier alpha value is -2.83. The lowest BCUT2D eigenvalue weighted by molar-refractivity contribution is 0.0740. The lowest BCUT2D eigenvalue weighted by Gasteiger charge is -2.36. The van der Waals surface area contributed by atoms with Gasteiger partial charge in [0.15, 0.2) is 0 Å². The van der Waals surface area contributed by atoms with E-state index in [0.29, 0.717) is 18.8 Å². The fraction of sp³-hybridized carbons (Fsp3) is 0.476. The number of unbranched alkanes of at least 4 members (excludes halogenated alkanes) is 1. The fourth-order valence-electron chi connectivity index (χ4n) is 3.26. The van der Waals surface area contributed by atoms with Crippen LogP contribution in [-0.2, 0) is 0 Å². The fourth-order valence-corrected chi connectivity index (χ4v) is 3.26. The summed E-state index contributed by atoms with van der Waals surface area (Å²) >= 11 is 0. The summed E-state index contributed by atoms with van der Waals surface area (Å²) in [6.45, 7) is 6.03. The standard InChI is InChI=1S/C21H29N5O2/c1-4-5-10-24(2)20-16-22-19(15-23-20)21(27)26-13-11-25(12-14-26)17-6-8-18(28-3)9-7-17/h6-9,15-16H,4-5,10-14H2,1-3H3. The van der Waals surface area contributed by atoms with Crippen LogP contribution >= 0.6 is 0 Å². The molecule has 0 spiro atoms. The number of aromatic nitrogens is 2. The Morgan fingerprint density at radius 3 is 2.39 bits per heavy atom. The third-order valence-corrected chi connectivity index (χ3v) is 5.10.